The van der Waals surface area contributed by atoms with Gasteiger partial charge in [-0.2, -0.15) is 0 Å². The predicted molar refractivity (Wildman–Crippen MR) is 68.1 cm³/mol. The number of benzene rings is 1. The smallest absolute Gasteiger partial charge is 0.169 e. The Morgan fingerprint density at radius 1 is 1.19 bits per heavy atom. The van der Waals surface area contributed by atoms with Crippen LogP contribution < -0.4 is 5.32 Å². The number of Topliss-reactive ketones (excluding diaryl/α,β-unsaturated/α-hetero) is 1. The van der Waals surface area contributed by atoms with Crippen LogP contribution in [0.3, 0.4) is 0 Å². The second-order valence-corrected chi connectivity index (χ2v) is 4.64. The number of hydrogen-bond donors (Lipinski definition) is 1. The van der Waals surface area contributed by atoms with E-state index in [1.54, 1.807) is 6.92 Å². The molecule has 2 rings (SSSR count). The first-order valence-corrected chi connectivity index (χ1v) is 5.96. The number of thiophene rings is 1. The van der Waals surface area contributed by atoms with Crippen LogP contribution in [0.1, 0.15) is 22.2 Å². The largest absolute Gasteiger partial charge is 0.373 e. The highest BCUT2D eigenvalue weighted by Gasteiger charge is 2.03. The first-order chi connectivity index (χ1) is 7.75. The number of nitrogens with one attached hydrogen (secondary N) is 1. The molecule has 0 bridgehead atoms. The summed E-state index contributed by atoms with van der Waals surface area (Å²) in [5, 5.41) is 4.34. The van der Waals surface area contributed by atoms with E-state index >= 15 is 0 Å². The molecule has 2 nitrogen and oxygen atoms in total. The lowest BCUT2D eigenvalue weighted by Crippen LogP contribution is -1.96. The van der Waals surface area contributed by atoms with Crippen LogP contribution in [0.15, 0.2) is 42.5 Å². The van der Waals surface area contributed by atoms with Gasteiger partial charge in [0.15, 0.2) is 5.78 Å². The Balaban J connectivity index is 1.97. The molecule has 82 valence electrons. The lowest BCUT2D eigenvalue weighted by Gasteiger charge is -2.02. The minimum atomic E-state index is 0.123. The van der Waals surface area contributed by atoms with Crippen LogP contribution in [0.25, 0.3) is 0 Å². The summed E-state index contributed by atoms with van der Waals surface area (Å²) in [6, 6.07) is 14.0. The van der Waals surface area contributed by atoms with Crippen molar-refractivity contribution in [2.45, 2.75) is 13.5 Å². The molecule has 0 aliphatic heterocycles. The molecule has 1 N–H and O–H groups in total. The number of hydrogen-bond acceptors (Lipinski definition) is 3. The number of rotatable bonds is 4. The average Bonchev–Trinajstić information content (AvgIpc) is 2.76. The van der Waals surface area contributed by atoms with Gasteiger partial charge in [-0.15, -0.1) is 11.3 Å². The first kappa shape index (κ1) is 10.9. The fraction of sp³-hybridized carbons (Fsp3) is 0.154. The van der Waals surface area contributed by atoms with E-state index in [0.717, 1.165) is 16.4 Å². The van der Waals surface area contributed by atoms with E-state index in [9.17, 15) is 4.79 Å². The molecule has 1 heterocycles. The summed E-state index contributed by atoms with van der Waals surface area (Å²) in [6.07, 6.45) is 0. The summed E-state index contributed by atoms with van der Waals surface area (Å²) < 4.78 is 0. The zero-order valence-corrected chi connectivity index (χ0v) is 9.88. The molecule has 0 spiro atoms. The summed E-state index contributed by atoms with van der Waals surface area (Å²) in [5.74, 6) is 0.123. The Labute approximate surface area is 98.9 Å². The van der Waals surface area contributed by atoms with Crippen molar-refractivity contribution in [3.8, 4) is 0 Å². The second-order valence-electron chi connectivity index (χ2n) is 3.56. The van der Waals surface area contributed by atoms with E-state index in [0.29, 0.717) is 0 Å². The van der Waals surface area contributed by atoms with Crippen molar-refractivity contribution < 1.29 is 4.79 Å². The summed E-state index contributed by atoms with van der Waals surface area (Å²) in [7, 11) is 0. The molecular formula is C13H13NOS. The molecule has 0 aliphatic carbocycles. The molecule has 0 saturated carbocycles. The number of carbonyl (C=O) groups excluding carboxylic acids is 1. The van der Waals surface area contributed by atoms with Gasteiger partial charge in [0, 0.05) is 6.54 Å². The lowest BCUT2D eigenvalue weighted by molar-refractivity contribution is 0.102. The van der Waals surface area contributed by atoms with Gasteiger partial charge in [-0.3, -0.25) is 4.79 Å². The quantitative estimate of drug-likeness (QED) is 0.815. The number of anilines is 1. The lowest BCUT2D eigenvalue weighted by atomic mass is 10.2. The van der Waals surface area contributed by atoms with Crippen molar-refractivity contribution in [1.82, 2.24) is 0 Å². The highest BCUT2D eigenvalue weighted by molar-refractivity contribution is 7.17. The van der Waals surface area contributed by atoms with E-state index in [1.807, 2.05) is 30.3 Å². The summed E-state index contributed by atoms with van der Waals surface area (Å²) in [6.45, 7) is 2.38. The van der Waals surface area contributed by atoms with E-state index in [-0.39, 0.29) is 5.78 Å². The van der Waals surface area contributed by atoms with Crippen LogP contribution in [0, 0.1) is 0 Å². The van der Waals surface area contributed by atoms with Gasteiger partial charge in [-0.1, -0.05) is 30.3 Å². The standard InChI is InChI=1S/C13H13NOS/c1-10(15)12-7-8-13(16-12)14-9-11-5-3-2-4-6-11/h2-8,14H,9H2,1H3. The maximum atomic E-state index is 11.1. The molecule has 0 radical (unpaired) electrons. The first-order valence-electron chi connectivity index (χ1n) is 5.14. The summed E-state index contributed by atoms with van der Waals surface area (Å²) >= 11 is 1.50. The van der Waals surface area contributed by atoms with Crippen LogP contribution >= 0.6 is 11.3 Å². The Hall–Kier alpha value is -1.61. The van der Waals surface area contributed by atoms with Gasteiger partial charge in [0.25, 0.3) is 0 Å². The summed E-state index contributed by atoms with van der Waals surface area (Å²) in [5.41, 5.74) is 1.24. The molecular weight excluding hydrogens is 218 g/mol. The number of carbonyl (C=O) groups is 1. The highest BCUT2D eigenvalue weighted by Crippen LogP contribution is 2.22. The molecule has 0 fully saturated rings. The van der Waals surface area contributed by atoms with Crippen molar-refractivity contribution in [2.24, 2.45) is 0 Å². The van der Waals surface area contributed by atoms with E-state index in [1.165, 1.54) is 16.9 Å². The molecule has 0 aliphatic rings. The zero-order chi connectivity index (χ0) is 11.4. The third kappa shape index (κ3) is 2.70. The predicted octanol–water partition coefficient (Wildman–Crippen LogP) is 3.56. The van der Waals surface area contributed by atoms with Crippen LogP contribution in [0.5, 0.6) is 0 Å². The maximum Gasteiger partial charge on any atom is 0.169 e. The van der Waals surface area contributed by atoms with E-state index in [4.69, 9.17) is 0 Å². The van der Waals surface area contributed by atoms with Crippen LogP contribution in [-0.2, 0) is 6.54 Å². The van der Waals surface area contributed by atoms with Gasteiger partial charge in [-0.25, -0.2) is 0 Å². The molecule has 0 unspecified atom stereocenters. The molecule has 0 amide bonds. The summed E-state index contributed by atoms with van der Waals surface area (Å²) in [4.78, 5) is 11.9. The zero-order valence-electron chi connectivity index (χ0n) is 9.07. The fourth-order valence-electron chi connectivity index (χ4n) is 1.41. The maximum absolute atomic E-state index is 11.1. The Morgan fingerprint density at radius 3 is 2.56 bits per heavy atom. The van der Waals surface area contributed by atoms with Gasteiger partial charge in [0.1, 0.15) is 0 Å². The fourth-order valence-corrected chi connectivity index (χ4v) is 2.20. The van der Waals surface area contributed by atoms with Crippen LogP contribution in [0.2, 0.25) is 0 Å². The van der Waals surface area contributed by atoms with Gasteiger partial charge >= 0.3 is 0 Å². The monoisotopic (exact) mass is 231 g/mol. The molecule has 1 aromatic heterocycles. The molecule has 2 aromatic rings. The van der Waals surface area contributed by atoms with E-state index in [2.05, 4.69) is 17.4 Å². The highest BCUT2D eigenvalue weighted by atomic mass is 32.1. The Morgan fingerprint density at radius 2 is 1.94 bits per heavy atom. The minimum Gasteiger partial charge on any atom is -0.373 e. The average molecular weight is 231 g/mol. The Bertz CT molecular complexity index is 476. The van der Waals surface area contributed by atoms with Crippen LogP contribution in [-0.4, -0.2) is 5.78 Å². The molecule has 0 atom stereocenters. The normalized spacial score (nSPS) is 10.1. The molecule has 3 heteroatoms. The topological polar surface area (TPSA) is 29.1 Å². The molecule has 1 aromatic carbocycles. The van der Waals surface area contributed by atoms with Gasteiger partial charge in [-0.05, 0) is 24.6 Å². The van der Waals surface area contributed by atoms with Crippen molar-refractivity contribution in [3.63, 3.8) is 0 Å². The number of ketones is 1. The molecule has 16 heavy (non-hydrogen) atoms. The van der Waals surface area contributed by atoms with Gasteiger partial charge < -0.3 is 5.32 Å². The van der Waals surface area contributed by atoms with Crippen molar-refractivity contribution in [3.05, 3.63) is 52.9 Å². The van der Waals surface area contributed by atoms with Crippen LogP contribution in [0.4, 0.5) is 5.00 Å². The minimum absolute atomic E-state index is 0.123. The molecule has 0 saturated heterocycles. The van der Waals surface area contributed by atoms with Crippen molar-refractivity contribution >= 4 is 22.1 Å². The van der Waals surface area contributed by atoms with Crippen molar-refractivity contribution in [1.29, 1.82) is 0 Å². The van der Waals surface area contributed by atoms with E-state index < -0.39 is 0 Å². The SMILES string of the molecule is CC(=O)c1ccc(NCc2ccccc2)s1. The van der Waals surface area contributed by atoms with Crippen molar-refractivity contribution in [2.75, 3.05) is 5.32 Å². The third-order valence-corrected chi connectivity index (χ3v) is 3.41. The van der Waals surface area contributed by atoms with Gasteiger partial charge in [0.05, 0.1) is 9.88 Å². The van der Waals surface area contributed by atoms with Gasteiger partial charge in [0.2, 0.25) is 0 Å². The Kier molecular flexibility index (Phi) is 3.37. The second kappa shape index (κ2) is 4.94. The third-order valence-electron chi connectivity index (χ3n) is 2.26.